The molecule has 0 nitrogen and oxygen atoms in total. The monoisotopic (exact) mass is 400 g/mol. The van der Waals surface area contributed by atoms with Gasteiger partial charge in [-0.3, -0.25) is 0 Å². The highest BCUT2D eigenvalue weighted by molar-refractivity contribution is 5.30. The van der Waals surface area contributed by atoms with Crippen LogP contribution in [0.2, 0.25) is 0 Å². The van der Waals surface area contributed by atoms with E-state index in [0.717, 1.165) is 0 Å². The van der Waals surface area contributed by atoms with Crippen molar-refractivity contribution in [1.82, 2.24) is 0 Å². The van der Waals surface area contributed by atoms with Crippen molar-refractivity contribution in [3.05, 3.63) is 34.9 Å². The predicted octanol–water partition coefficient (Wildman–Crippen LogP) is 10.0. The molecule has 0 saturated heterocycles. The average molecular weight is 401 g/mol. The minimum Gasteiger partial charge on any atom is -0.0654 e. The van der Waals surface area contributed by atoms with E-state index in [9.17, 15) is 0 Å². The third-order valence-corrected chi connectivity index (χ3v) is 6.29. The third kappa shape index (κ3) is 14.8. The molecular formula is C29H52. The first-order chi connectivity index (χ1) is 14.3. The summed E-state index contributed by atoms with van der Waals surface area (Å²) in [6, 6.07) is 7.52. The molecule has 0 saturated carbocycles. The maximum Gasteiger partial charge on any atom is -0.0279 e. The zero-order chi connectivity index (χ0) is 21.0. The van der Waals surface area contributed by atoms with Crippen LogP contribution in [0.5, 0.6) is 0 Å². The topological polar surface area (TPSA) is 0 Å². The van der Waals surface area contributed by atoms with Crippen LogP contribution in [0, 0.1) is 0 Å². The molecule has 0 bridgehead atoms. The van der Waals surface area contributed by atoms with Crippen LogP contribution in [0.3, 0.4) is 0 Å². The lowest BCUT2D eigenvalue weighted by molar-refractivity contribution is 0.549. The molecule has 0 unspecified atom stereocenters. The summed E-state index contributed by atoms with van der Waals surface area (Å²) in [6.45, 7) is 6.91. The number of benzene rings is 1. The van der Waals surface area contributed by atoms with Crippen molar-refractivity contribution in [1.29, 1.82) is 0 Å². The molecule has 0 N–H and O–H groups in total. The smallest absolute Gasteiger partial charge is 0.0279 e. The second-order valence-corrected chi connectivity index (χ2v) is 9.36. The van der Waals surface area contributed by atoms with Crippen molar-refractivity contribution in [2.45, 2.75) is 149 Å². The van der Waals surface area contributed by atoms with Crippen molar-refractivity contribution in [3.63, 3.8) is 0 Å². The van der Waals surface area contributed by atoms with Gasteiger partial charge in [-0.2, -0.15) is 0 Å². The van der Waals surface area contributed by atoms with Crippen LogP contribution in [0.25, 0.3) is 0 Å². The van der Waals surface area contributed by atoms with E-state index in [4.69, 9.17) is 0 Å². The fourth-order valence-electron chi connectivity index (χ4n) is 4.49. The Morgan fingerprint density at radius 1 is 0.345 bits per heavy atom. The average Bonchev–Trinajstić information content (AvgIpc) is 2.72. The SMILES string of the molecule is CCCCCCCCCCCCCc1cc(CCC)cc(CCCCCCC)c1. The Labute approximate surface area is 184 Å². The summed E-state index contributed by atoms with van der Waals surface area (Å²) in [6.07, 6.45) is 27.8. The fraction of sp³-hybridized carbons (Fsp3) is 0.793. The molecule has 1 rings (SSSR count). The standard InChI is InChI=1S/C29H52/c1-4-7-9-11-12-13-14-15-16-18-20-23-29-25-27(21-6-3)24-28(26-29)22-19-17-10-8-5-2/h24-26H,4-23H2,1-3H3. The largest absolute Gasteiger partial charge is 0.0654 e. The van der Waals surface area contributed by atoms with Gasteiger partial charge in [0.2, 0.25) is 0 Å². The van der Waals surface area contributed by atoms with E-state index in [1.165, 1.54) is 128 Å². The first-order valence-electron chi connectivity index (χ1n) is 13.4. The minimum atomic E-state index is 1.24. The Morgan fingerprint density at radius 2 is 0.655 bits per heavy atom. The van der Waals surface area contributed by atoms with E-state index in [2.05, 4.69) is 39.0 Å². The Morgan fingerprint density at radius 3 is 1.00 bits per heavy atom. The van der Waals surface area contributed by atoms with Gasteiger partial charge >= 0.3 is 0 Å². The second kappa shape index (κ2) is 19.2. The quantitative estimate of drug-likeness (QED) is 0.191. The molecule has 1 aromatic rings. The maximum absolute atomic E-state index is 2.52. The van der Waals surface area contributed by atoms with Gasteiger partial charge < -0.3 is 0 Å². The lowest BCUT2D eigenvalue weighted by Gasteiger charge is -2.10. The van der Waals surface area contributed by atoms with E-state index in [1.807, 2.05) is 0 Å². The minimum absolute atomic E-state index is 1.24. The summed E-state index contributed by atoms with van der Waals surface area (Å²) in [7, 11) is 0. The highest BCUT2D eigenvalue weighted by Gasteiger charge is 2.03. The number of unbranched alkanes of at least 4 members (excludes halogenated alkanes) is 14. The van der Waals surface area contributed by atoms with Crippen molar-refractivity contribution in [2.24, 2.45) is 0 Å². The molecule has 0 aliphatic rings. The van der Waals surface area contributed by atoms with Gasteiger partial charge in [0.1, 0.15) is 0 Å². The van der Waals surface area contributed by atoms with E-state index in [1.54, 1.807) is 16.7 Å². The highest BCUT2D eigenvalue weighted by Crippen LogP contribution is 2.18. The summed E-state index contributed by atoms with van der Waals surface area (Å²) in [4.78, 5) is 0. The Hall–Kier alpha value is -0.780. The molecule has 0 fully saturated rings. The normalized spacial score (nSPS) is 11.3. The predicted molar refractivity (Wildman–Crippen MR) is 133 cm³/mol. The van der Waals surface area contributed by atoms with Crippen LogP contribution in [0.4, 0.5) is 0 Å². The number of hydrogen-bond donors (Lipinski definition) is 0. The summed E-state index contributed by atoms with van der Waals surface area (Å²) in [5.41, 5.74) is 4.79. The lowest BCUT2D eigenvalue weighted by Crippen LogP contribution is -1.95. The molecule has 168 valence electrons. The molecule has 0 spiro atoms. The molecule has 0 atom stereocenters. The first kappa shape index (κ1) is 26.3. The van der Waals surface area contributed by atoms with Crippen LogP contribution in [-0.4, -0.2) is 0 Å². The first-order valence-corrected chi connectivity index (χ1v) is 13.4. The number of rotatable bonds is 20. The summed E-state index contributed by atoms with van der Waals surface area (Å²) >= 11 is 0. The summed E-state index contributed by atoms with van der Waals surface area (Å²) < 4.78 is 0. The van der Waals surface area contributed by atoms with E-state index in [-0.39, 0.29) is 0 Å². The molecule has 1 aromatic carbocycles. The van der Waals surface area contributed by atoms with Gasteiger partial charge in [0.05, 0.1) is 0 Å². The van der Waals surface area contributed by atoms with Crippen LogP contribution in [-0.2, 0) is 19.3 Å². The van der Waals surface area contributed by atoms with E-state index < -0.39 is 0 Å². The molecular weight excluding hydrogens is 348 g/mol. The van der Waals surface area contributed by atoms with Crippen LogP contribution >= 0.6 is 0 Å². The van der Waals surface area contributed by atoms with E-state index in [0.29, 0.717) is 0 Å². The van der Waals surface area contributed by atoms with Crippen LogP contribution in [0.15, 0.2) is 18.2 Å². The zero-order valence-electron chi connectivity index (χ0n) is 20.4. The highest BCUT2D eigenvalue weighted by atomic mass is 14.1. The molecule has 0 heterocycles. The van der Waals surface area contributed by atoms with Crippen molar-refractivity contribution < 1.29 is 0 Å². The van der Waals surface area contributed by atoms with Crippen molar-refractivity contribution in [2.75, 3.05) is 0 Å². The Bertz CT molecular complexity index is 473. The number of hydrogen-bond acceptors (Lipinski definition) is 0. The van der Waals surface area contributed by atoms with Gasteiger partial charge in [-0.15, -0.1) is 0 Å². The lowest BCUT2D eigenvalue weighted by atomic mass is 9.96. The van der Waals surface area contributed by atoms with Crippen molar-refractivity contribution >= 4 is 0 Å². The zero-order valence-corrected chi connectivity index (χ0v) is 20.4. The maximum atomic E-state index is 2.52. The number of aryl methyl sites for hydroxylation is 3. The third-order valence-electron chi connectivity index (χ3n) is 6.29. The van der Waals surface area contributed by atoms with Gasteiger partial charge in [0, 0.05) is 0 Å². The van der Waals surface area contributed by atoms with Crippen molar-refractivity contribution in [3.8, 4) is 0 Å². The molecule has 29 heavy (non-hydrogen) atoms. The molecule has 0 radical (unpaired) electrons. The molecule has 0 amide bonds. The fourth-order valence-corrected chi connectivity index (χ4v) is 4.49. The van der Waals surface area contributed by atoms with Crippen LogP contribution < -0.4 is 0 Å². The van der Waals surface area contributed by atoms with Gasteiger partial charge in [0.25, 0.3) is 0 Å². The van der Waals surface area contributed by atoms with Gasteiger partial charge in [-0.25, -0.2) is 0 Å². The van der Waals surface area contributed by atoms with Gasteiger partial charge in [-0.05, 0) is 48.8 Å². The summed E-state index contributed by atoms with van der Waals surface area (Å²) in [5.74, 6) is 0. The molecule has 0 heteroatoms. The molecule has 0 aromatic heterocycles. The van der Waals surface area contributed by atoms with Gasteiger partial charge in [0.15, 0.2) is 0 Å². The Kier molecular flexibility index (Phi) is 17.4. The molecule has 0 aliphatic heterocycles. The van der Waals surface area contributed by atoms with E-state index >= 15 is 0 Å². The van der Waals surface area contributed by atoms with Gasteiger partial charge in [-0.1, -0.05) is 135 Å². The van der Waals surface area contributed by atoms with Crippen LogP contribution in [0.1, 0.15) is 147 Å². The Balaban J connectivity index is 2.22. The second-order valence-electron chi connectivity index (χ2n) is 9.36. The molecule has 0 aliphatic carbocycles. The summed E-state index contributed by atoms with van der Waals surface area (Å²) in [5, 5.41) is 0.